The molecule has 0 unspecified atom stereocenters. The van der Waals surface area contributed by atoms with Crippen molar-refractivity contribution < 1.29 is 23.7 Å². The van der Waals surface area contributed by atoms with Gasteiger partial charge in [0, 0.05) is 18.2 Å². The zero-order valence-corrected chi connectivity index (χ0v) is 20.7. The number of rotatable bonds is 9. The molecule has 0 amide bonds. The van der Waals surface area contributed by atoms with E-state index >= 15 is 0 Å². The van der Waals surface area contributed by atoms with Crippen molar-refractivity contribution in [2.75, 3.05) is 19.8 Å². The van der Waals surface area contributed by atoms with E-state index in [2.05, 4.69) is 0 Å². The molecule has 0 bridgehead atoms. The van der Waals surface area contributed by atoms with Gasteiger partial charge in [0.25, 0.3) is 0 Å². The number of aromatic hydroxyl groups is 1. The van der Waals surface area contributed by atoms with E-state index in [1.165, 1.54) is 6.07 Å². The van der Waals surface area contributed by atoms with Gasteiger partial charge in [-0.1, -0.05) is 16.7 Å². The molecule has 0 radical (unpaired) electrons. The van der Waals surface area contributed by atoms with Gasteiger partial charge in [-0.25, -0.2) is 0 Å². The lowest BCUT2D eigenvalue weighted by Gasteiger charge is -2.13. The Morgan fingerprint density at radius 1 is 0.765 bits per heavy atom. The second-order valence-corrected chi connectivity index (χ2v) is 8.82. The maximum Gasteiger partial charge on any atom is 0.204 e. The topological polar surface area (TPSA) is 78.1 Å². The van der Waals surface area contributed by atoms with Gasteiger partial charge in [0.1, 0.15) is 47.9 Å². The summed E-state index contributed by atoms with van der Waals surface area (Å²) >= 11 is 0. The van der Waals surface area contributed by atoms with Crippen molar-refractivity contribution in [3.8, 4) is 23.0 Å². The number of hydrogen-bond donors (Lipinski definition) is 1. The Kier molecular flexibility index (Phi) is 8.05. The quantitative estimate of drug-likeness (QED) is 0.281. The molecule has 0 saturated carbocycles. The molecule has 0 fully saturated rings. The van der Waals surface area contributed by atoms with Crippen molar-refractivity contribution in [1.29, 1.82) is 0 Å². The summed E-state index contributed by atoms with van der Waals surface area (Å²) in [7, 11) is 0. The molecule has 3 rings (SSSR count). The number of phenols is 1. The van der Waals surface area contributed by atoms with Crippen LogP contribution in [0.5, 0.6) is 23.0 Å². The van der Waals surface area contributed by atoms with Crippen LogP contribution in [0.25, 0.3) is 21.9 Å². The molecular formula is C28H32O6. The molecule has 0 aliphatic heterocycles. The lowest BCUT2D eigenvalue weighted by Crippen LogP contribution is -2.06. The fraction of sp³-hybridized carbons (Fsp3) is 0.321. The molecule has 1 heterocycles. The Hall–Kier alpha value is -3.67. The predicted molar refractivity (Wildman–Crippen MR) is 136 cm³/mol. The number of fused-ring (bicyclic) bond motifs is 2. The SMILES string of the molecule is CC(C)=CCOc1cc(O)c2c(=O)c3cc(OCC=C(C)C)c(OCC=C(C)C)cc3oc2c1. The predicted octanol–water partition coefficient (Wildman–Crippen LogP) is 6.69. The van der Waals surface area contributed by atoms with E-state index in [1.807, 2.05) is 59.8 Å². The number of phenolic OH excluding ortho intramolecular Hbond substituents is 1. The molecule has 180 valence electrons. The smallest absolute Gasteiger partial charge is 0.204 e. The molecule has 0 spiro atoms. The normalized spacial score (nSPS) is 10.6. The average molecular weight is 465 g/mol. The molecule has 34 heavy (non-hydrogen) atoms. The van der Waals surface area contributed by atoms with E-state index in [0.29, 0.717) is 48.0 Å². The van der Waals surface area contributed by atoms with E-state index in [9.17, 15) is 9.90 Å². The van der Waals surface area contributed by atoms with Gasteiger partial charge < -0.3 is 23.7 Å². The van der Waals surface area contributed by atoms with Crippen LogP contribution in [-0.2, 0) is 0 Å². The van der Waals surface area contributed by atoms with E-state index < -0.39 is 0 Å². The monoisotopic (exact) mass is 464 g/mol. The van der Waals surface area contributed by atoms with Crippen LogP contribution in [0.15, 0.2) is 68.4 Å². The Bertz CT molecular complexity index is 1330. The van der Waals surface area contributed by atoms with Crippen LogP contribution >= 0.6 is 0 Å². The lowest BCUT2D eigenvalue weighted by molar-refractivity contribution is 0.307. The molecule has 2 aromatic carbocycles. The highest BCUT2D eigenvalue weighted by atomic mass is 16.5. The molecule has 0 atom stereocenters. The lowest BCUT2D eigenvalue weighted by atomic mass is 10.1. The summed E-state index contributed by atoms with van der Waals surface area (Å²) in [6.07, 6.45) is 5.81. The standard InChI is InChI=1S/C28H32O6/c1-17(2)7-10-31-20-13-22(29)27-26(14-20)34-23-16-25(33-12-9-19(5)6)24(15-21(23)28(27)30)32-11-8-18(3)4/h7-9,13-16,29H,10-12H2,1-6H3. The first-order valence-corrected chi connectivity index (χ1v) is 11.2. The Balaban J connectivity index is 2.11. The molecule has 0 aliphatic rings. The molecule has 6 nitrogen and oxygen atoms in total. The Labute approximate surface area is 199 Å². The minimum absolute atomic E-state index is 0.0931. The first kappa shape index (κ1) is 25.0. The van der Waals surface area contributed by atoms with Gasteiger partial charge in [-0.05, 0) is 65.8 Å². The average Bonchev–Trinajstić information content (AvgIpc) is 2.73. The summed E-state index contributed by atoms with van der Waals surface area (Å²) in [4.78, 5) is 13.3. The van der Waals surface area contributed by atoms with E-state index in [4.69, 9.17) is 18.6 Å². The fourth-order valence-electron chi connectivity index (χ4n) is 3.15. The summed E-state index contributed by atoms with van der Waals surface area (Å²) in [5.41, 5.74) is 3.57. The van der Waals surface area contributed by atoms with Crippen molar-refractivity contribution in [1.82, 2.24) is 0 Å². The summed E-state index contributed by atoms with van der Waals surface area (Å²) in [5.74, 6) is 1.11. The second kappa shape index (κ2) is 11.0. The van der Waals surface area contributed by atoms with E-state index in [-0.39, 0.29) is 22.1 Å². The van der Waals surface area contributed by atoms with Crippen LogP contribution in [0.2, 0.25) is 0 Å². The summed E-state index contributed by atoms with van der Waals surface area (Å²) in [6.45, 7) is 12.9. The minimum Gasteiger partial charge on any atom is -0.507 e. The van der Waals surface area contributed by atoms with Gasteiger partial charge in [-0.2, -0.15) is 0 Å². The molecule has 1 aromatic heterocycles. The van der Waals surface area contributed by atoms with Crippen LogP contribution in [0.4, 0.5) is 0 Å². The highest BCUT2D eigenvalue weighted by Crippen LogP contribution is 2.36. The maximum absolute atomic E-state index is 13.3. The minimum atomic E-state index is -0.354. The van der Waals surface area contributed by atoms with Gasteiger partial charge >= 0.3 is 0 Å². The first-order chi connectivity index (χ1) is 16.2. The molecular weight excluding hydrogens is 432 g/mol. The van der Waals surface area contributed by atoms with Crippen molar-refractivity contribution in [3.05, 3.63) is 69.4 Å². The van der Waals surface area contributed by atoms with Crippen LogP contribution in [0, 0.1) is 0 Å². The van der Waals surface area contributed by atoms with E-state index in [0.717, 1.165) is 16.7 Å². The van der Waals surface area contributed by atoms with Gasteiger partial charge in [0.15, 0.2) is 11.5 Å². The molecule has 6 heteroatoms. The van der Waals surface area contributed by atoms with Gasteiger partial charge in [-0.3, -0.25) is 4.79 Å². The van der Waals surface area contributed by atoms with E-state index in [1.54, 1.807) is 18.2 Å². The zero-order chi connectivity index (χ0) is 24.8. The first-order valence-electron chi connectivity index (χ1n) is 11.2. The maximum atomic E-state index is 13.3. The third-order valence-electron chi connectivity index (χ3n) is 4.99. The number of ether oxygens (including phenoxy) is 3. The van der Waals surface area contributed by atoms with Crippen LogP contribution < -0.4 is 19.6 Å². The van der Waals surface area contributed by atoms with Crippen molar-refractivity contribution in [2.24, 2.45) is 0 Å². The second-order valence-electron chi connectivity index (χ2n) is 8.82. The van der Waals surface area contributed by atoms with Gasteiger partial charge in [0.2, 0.25) is 5.43 Å². The van der Waals surface area contributed by atoms with Crippen molar-refractivity contribution in [3.63, 3.8) is 0 Å². The molecule has 3 aromatic rings. The van der Waals surface area contributed by atoms with Crippen LogP contribution in [0.3, 0.4) is 0 Å². The number of allylic oxidation sites excluding steroid dienone is 3. The summed E-state index contributed by atoms with van der Waals surface area (Å²) in [6, 6.07) is 6.29. The fourth-order valence-corrected chi connectivity index (χ4v) is 3.15. The number of hydrogen-bond acceptors (Lipinski definition) is 6. The molecule has 0 aliphatic carbocycles. The highest BCUT2D eigenvalue weighted by Gasteiger charge is 2.17. The summed E-state index contributed by atoms with van der Waals surface area (Å²) < 4.78 is 23.5. The zero-order valence-electron chi connectivity index (χ0n) is 20.7. The number of benzene rings is 2. The third kappa shape index (κ3) is 6.22. The Morgan fingerprint density at radius 3 is 1.85 bits per heavy atom. The summed E-state index contributed by atoms with van der Waals surface area (Å²) in [5, 5.41) is 11.0. The van der Waals surface area contributed by atoms with Crippen molar-refractivity contribution >= 4 is 21.9 Å². The van der Waals surface area contributed by atoms with Gasteiger partial charge in [0.05, 0.1) is 5.39 Å². The van der Waals surface area contributed by atoms with Crippen molar-refractivity contribution in [2.45, 2.75) is 41.5 Å². The molecule has 1 N–H and O–H groups in total. The van der Waals surface area contributed by atoms with Crippen LogP contribution in [-0.4, -0.2) is 24.9 Å². The third-order valence-corrected chi connectivity index (χ3v) is 4.99. The Morgan fingerprint density at radius 2 is 1.29 bits per heavy atom. The van der Waals surface area contributed by atoms with Gasteiger partial charge in [-0.15, -0.1) is 0 Å². The highest BCUT2D eigenvalue weighted by molar-refractivity contribution is 5.95. The van der Waals surface area contributed by atoms with Crippen LogP contribution in [0.1, 0.15) is 41.5 Å². The largest absolute Gasteiger partial charge is 0.507 e. The molecule has 0 saturated heterocycles.